The molecule has 1 aromatic carbocycles. The Morgan fingerprint density at radius 2 is 1.86 bits per heavy atom. The van der Waals surface area contributed by atoms with Gasteiger partial charge in [0.05, 0.1) is 24.0 Å². The van der Waals surface area contributed by atoms with Crippen molar-refractivity contribution in [2.24, 2.45) is 5.92 Å². The van der Waals surface area contributed by atoms with Crippen LogP contribution in [0.1, 0.15) is 22.5 Å². The quantitative estimate of drug-likeness (QED) is 0.858. The lowest BCUT2D eigenvalue weighted by molar-refractivity contribution is -0.121. The largest absolute Gasteiger partial charge is 0.378 e. The lowest BCUT2D eigenvalue weighted by Gasteiger charge is -2.32. The summed E-state index contributed by atoms with van der Waals surface area (Å²) in [5.74, 6) is -0.151. The number of ether oxygens (including phenoxy) is 1. The van der Waals surface area contributed by atoms with Crippen LogP contribution < -0.4 is 10.2 Å². The minimum Gasteiger partial charge on any atom is -0.378 e. The molecule has 2 aromatic rings. The molecule has 0 radical (unpaired) electrons. The Bertz CT molecular complexity index is 801. The zero-order chi connectivity index (χ0) is 19.3. The summed E-state index contributed by atoms with van der Waals surface area (Å²) in [5, 5.41) is 4.92. The number of anilines is 2. The molecular weight excluding hydrogens is 374 g/mol. The minimum atomic E-state index is -0.170. The van der Waals surface area contributed by atoms with Gasteiger partial charge in [-0.05, 0) is 48.6 Å². The van der Waals surface area contributed by atoms with Crippen LogP contribution >= 0.6 is 11.3 Å². The number of nitrogens with one attached hydrogen (secondary N) is 1. The molecule has 0 aliphatic carbocycles. The second kappa shape index (κ2) is 8.75. The first-order chi connectivity index (χ1) is 13.7. The lowest BCUT2D eigenvalue weighted by Crippen LogP contribution is -2.43. The molecule has 2 aliphatic rings. The standard InChI is InChI=1S/C21H25N3O3S/c25-20(16-3-1-9-24(15-16)21(26)19-4-2-14-28-19)22-17-5-7-18(8-6-17)23-10-12-27-13-11-23/h2,4-8,14,16H,1,3,9-13,15H2,(H,22,25)/t16-/m0/s1. The van der Waals surface area contributed by atoms with Crippen LogP contribution in [-0.2, 0) is 9.53 Å². The Kier molecular flexibility index (Phi) is 5.92. The third-order valence-electron chi connectivity index (χ3n) is 5.32. The molecular formula is C21H25N3O3S. The van der Waals surface area contributed by atoms with Crippen molar-refractivity contribution in [3.8, 4) is 0 Å². The number of rotatable bonds is 4. The number of morpholine rings is 1. The highest BCUT2D eigenvalue weighted by Crippen LogP contribution is 2.23. The predicted octanol–water partition coefficient (Wildman–Crippen LogP) is 3.08. The van der Waals surface area contributed by atoms with Crippen molar-refractivity contribution in [1.29, 1.82) is 0 Å². The number of hydrogen-bond donors (Lipinski definition) is 1. The van der Waals surface area contributed by atoms with Crippen molar-refractivity contribution >= 4 is 34.5 Å². The van der Waals surface area contributed by atoms with Gasteiger partial charge in [0.25, 0.3) is 5.91 Å². The van der Waals surface area contributed by atoms with E-state index in [4.69, 9.17) is 4.74 Å². The molecule has 1 aromatic heterocycles. The number of hydrogen-bond acceptors (Lipinski definition) is 5. The summed E-state index contributed by atoms with van der Waals surface area (Å²) >= 11 is 1.45. The number of thiophene rings is 1. The van der Waals surface area contributed by atoms with Crippen molar-refractivity contribution in [2.75, 3.05) is 49.6 Å². The molecule has 2 aliphatic heterocycles. The predicted molar refractivity (Wildman–Crippen MR) is 111 cm³/mol. The number of benzene rings is 1. The van der Waals surface area contributed by atoms with Crippen LogP contribution in [0.15, 0.2) is 41.8 Å². The summed E-state index contributed by atoms with van der Waals surface area (Å²) in [6.07, 6.45) is 1.66. The molecule has 2 amide bonds. The van der Waals surface area contributed by atoms with Gasteiger partial charge in [0.1, 0.15) is 0 Å². The topological polar surface area (TPSA) is 61.9 Å². The average Bonchev–Trinajstić information content (AvgIpc) is 3.29. The summed E-state index contributed by atoms with van der Waals surface area (Å²) in [6, 6.07) is 11.7. The molecule has 3 heterocycles. The van der Waals surface area contributed by atoms with Gasteiger partial charge in [-0.2, -0.15) is 0 Å². The van der Waals surface area contributed by atoms with Gasteiger partial charge in [-0.25, -0.2) is 0 Å². The molecule has 0 bridgehead atoms. The van der Waals surface area contributed by atoms with Crippen LogP contribution in [0.5, 0.6) is 0 Å². The summed E-state index contributed by atoms with van der Waals surface area (Å²) in [6.45, 7) is 4.48. The van der Waals surface area contributed by atoms with Crippen molar-refractivity contribution in [3.63, 3.8) is 0 Å². The van der Waals surface area contributed by atoms with Crippen LogP contribution in [0.4, 0.5) is 11.4 Å². The van der Waals surface area contributed by atoms with Crippen LogP contribution in [0.3, 0.4) is 0 Å². The molecule has 2 fully saturated rings. The Morgan fingerprint density at radius 1 is 1.07 bits per heavy atom. The maximum atomic E-state index is 12.7. The third-order valence-corrected chi connectivity index (χ3v) is 6.18. The van der Waals surface area contributed by atoms with Crippen LogP contribution in [0.25, 0.3) is 0 Å². The molecule has 2 saturated heterocycles. The van der Waals surface area contributed by atoms with Crippen LogP contribution in [-0.4, -0.2) is 56.1 Å². The van der Waals surface area contributed by atoms with Gasteiger partial charge in [-0.15, -0.1) is 11.3 Å². The van der Waals surface area contributed by atoms with Crippen LogP contribution in [0, 0.1) is 5.92 Å². The van der Waals surface area contributed by atoms with Gasteiger partial charge in [0.15, 0.2) is 0 Å². The Morgan fingerprint density at radius 3 is 2.57 bits per heavy atom. The molecule has 0 saturated carbocycles. The molecule has 4 rings (SSSR count). The Balaban J connectivity index is 1.34. The van der Waals surface area contributed by atoms with Gasteiger partial charge in [-0.3, -0.25) is 9.59 Å². The molecule has 0 unspecified atom stereocenters. The van der Waals surface area contributed by atoms with Gasteiger partial charge in [0, 0.05) is 37.6 Å². The van der Waals surface area contributed by atoms with E-state index < -0.39 is 0 Å². The van der Waals surface area contributed by atoms with Gasteiger partial charge in [0.2, 0.25) is 5.91 Å². The second-order valence-corrected chi connectivity index (χ2v) is 8.15. The van der Waals surface area contributed by atoms with E-state index in [1.807, 2.05) is 41.8 Å². The van der Waals surface area contributed by atoms with E-state index in [0.29, 0.717) is 6.54 Å². The zero-order valence-corrected chi connectivity index (χ0v) is 16.6. The van der Waals surface area contributed by atoms with Gasteiger partial charge in [-0.1, -0.05) is 6.07 Å². The number of amides is 2. The Hall–Kier alpha value is -2.38. The van der Waals surface area contributed by atoms with E-state index >= 15 is 0 Å². The monoisotopic (exact) mass is 399 g/mol. The van der Waals surface area contributed by atoms with E-state index in [-0.39, 0.29) is 17.7 Å². The SMILES string of the molecule is O=C(Nc1ccc(N2CCOCC2)cc1)[C@H]1CCCN(C(=O)c2cccs2)C1. The first-order valence-corrected chi connectivity index (χ1v) is 10.6. The summed E-state index contributed by atoms with van der Waals surface area (Å²) in [4.78, 5) is 30.1. The van der Waals surface area contributed by atoms with Gasteiger partial charge < -0.3 is 19.9 Å². The number of nitrogens with zero attached hydrogens (tertiary/aromatic N) is 2. The average molecular weight is 400 g/mol. The summed E-state index contributed by atoms with van der Waals surface area (Å²) < 4.78 is 5.39. The fourth-order valence-corrected chi connectivity index (χ4v) is 4.44. The van der Waals surface area contributed by atoms with Crippen molar-refractivity contribution < 1.29 is 14.3 Å². The number of carbonyl (C=O) groups excluding carboxylic acids is 2. The highest BCUT2D eigenvalue weighted by molar-refractivity contribution is 7.12. The highest BCUT2D eigenvalue weighted by atomic mass is 32.1. The summed E-state index contributed by atoms with van der Waals surface area (Å²) in [5.41, 5.74) is 1.94. The maximum absolute atomic E-state index is 12.7. The van der Waals surface area contributed by atoms with E-state index in [1.54, 1.807) is 4.90 Å². The van der Waals surface area contributed by atoms with E-state index in [2.05, 4.69) is 10.2 Å². The maximum Gasteiger partial charge on any atom is 0.263 e. The van der Waals surface area contributed by atoms with E-state index in [9.17, 15) is 9.59 Å². The van der Waals surface area contributed by atoms with Crippen molar-refractivity contribution in [3.05, 3.63) is 46.7 Å². The second-order valence-electron chi connectivity index (χ2n) is 7.20. The molecule has 0 spiro atoms. The minimum absolute atomic E-state index is 0.0113. The molecule has 7 heteroatoms. The summed E-state index contributed by atoms with van der Waals surface area (Å²) in [7, 11) is 0. The zero-order valence-electron chi connectivity index (χ0n) is 15.8. The van der Waals surface area contributed by atoms with Crippen LogP contribution in [0.2, 0.25) is 0 Å². The van der Waals surface area contributed by atoms with Gasteiger partial charge >= 0.3 is 0 Å². The van der Waals surface area contributed by atoms with E-state index in [0.717, 1.165) is 61.9 Å². The van der Waals surface area contributed by atoms with Crippen molar-refractivity contribution in [2.45, 2.75) is 12.8 Å². The highest BCUT2D eigenvalue weighted by Gasteiger charge is 2.29. The molecule has 6 nitrogen and oxygen atoms in total. The number of carbonyl (C=O) groups is 2. The van der Waals surface area contributed by atoms with Crippen molar-refractivity contribution in [1.82, 2.24) is 4.90 Å². The van der Waals surface area contributed by atoms with E-state index in [1.165, 1.54) is 11.3 Å². The number of likely N-dealkylation sites (tertiary alicyclic amines) is 1. The fourth-order valence-electron chi connectivity index (χ4n) is 3.75. The normalized spacial score (nSPS) is 20.1. The Labute approximate surface area is 169 Å². The third kappa shape index (κ3) is 4.36. The molecule has 1 atom stereocenters. The number of piperidine rings is 1. The first-order valence-electron chi connectivity index (χ1n) is 9.77. The fraction of sp³-hybridized carbons (Fsp3) is 0.429. The first kappa shape index (κ1) is 19.0. The molecule has 148 valence electrons. The molecule has 1 N–H and O–H groups in total. The lowest BCUT2D eigenvalue weighted by atomic mass is 9.97. The molecule has 28 heavy (non-hydrogen) atoms. The smallest absolute Gasteiger partial charge is 0.263 e.